The molecule has 0 aliphatic rings. The van der Waals surface area contributed by atoms with Crippen molar-refractivity contribution in [1.29, 1.82) is 0 Å². The standard InChI is InChI=1S/C9H14N2O/c1-7-3-4-9(12-2)8(5-7)11-6-10/h3-5,11H,6,10H2,1-2H3. The molecule has 0 aliphatic carbocycles. The molecule has 0 fully saturated rings. The van der Waals surface area contributed by atoms with Crippen LogP contribution in [0.4, 0.5) is 5.69 Å². The molecule has 66 valence electrons. The summed E-state index contributed by atoms with van der Waals surface area (Å²) in [6.45, 7) is 2.45. The van der Waals surface area contributed by atoms with E-state index in [0.717, 1.165) is 11.4 Å². The van der Waals surface area contributed by atoms with Gasteiger partial charge >= 0.3 is 0 Å². The highest BCUT2D eigenvalue weighted by molar-refractivity contribution is 5.57. The zero-order chi connectivity index (χ0) is 8.97. The molecular formula is C9H14N2O. The van der Waals surface area contributed by atoms with Crippen LogP contribution in [0.1, 0.15) is 5.56 Å². The second-order valence-corrected chi connectivity index (χ2v) is 2.58. The molecule has 0 bridgehead atoms. The Morgan fingerprint density at radius 2 is 2.25 bits per heavy atom. The summed E-state index contributed by atoms with van der Waals surface area (Å²) in [6.07, 6.45) is 0. The average Bonchev–Trinajstić information content (AvgIpc) is 2.05. The van der Waals surface area contributed by atoms with Crippen LogP contribution in [0.15, 0.2) is 18.2 Å². The fourth-order valence-corrected chi connectivity index (χ4v) is 1.07. The lowest BCUT2D eigenvalue weighted by Crippen LogP contribution is -2.11. The summed E-state index contributed by atoms with van der Waals surface area (Å²) in [5.74, 6) is 0.825. The van der Waals surface area contributed by atoms with Gasteiger partial charge in [-0.25, -0.2) is 0 Å². The molecule has 0 saturated heterocycles. The van der Waals surface area contributed by atoms with Gasteiger partial charge < -0.3 is 15.8 Å². The Labute approximate surface area is 72.5 Å². The highest BCUT2D eigenvalue weighted by Crippen LogP contribution is 2.24. The molecule has 0 saturated carbocycles. The molecule has 0 amide bonds. The van der Waals surface area contributed by atoms with Crippen molar-refractivity contribution in [3.8, 4) is 5.75 Å². The second kappa shape index (κ2) is 3.97. The quantitative estimate of drug-likeness (QED) is 0.666. The molecule has 0 radical (unpaired) electrons. The number of nitrogens with two attached hydrogens (primary N) is 1. The van der Waals surface area contributed by atoms with Crippen LogP contribution in [0.3, 0.4) is 0 Å². The maximum absolute atomic E-state index is 5.37. The Balaban J connectivity index is 2.95. The molecular weight excluding hydrogens is 152 g/mol. The number of rotatable bonds is 3. The number of hydrogen-bond donors (Lipinski definition) is 2. The molecule has 0 aliphatic heterocycles. The summed E-state index contributed by atoms with van der Waals surface area (Å²) >= 11 is 0. The largest absolute Gasteiger partial charge is 0.495 e. The minimum atomic E-state index is 0.416. The van der Waals surface area contributed by atoms with E-state index in [9.17, 15) is 0 Å². The van der Waals surface area contributed by atoms with E-state index >= 15 is 0 Å². The molecule has 3 heteroatoms. The first kappa shape index (κ1) is 8.87. The highest BCUT2D eigenvalue weighted by Gasteiger charge is 1.99. The summed E-state index contributed by atoms with van der Waals surface area (Å²) < 4.78 is 5.13. The van der Waals surface area contributed by atoms with Crippen LogP contribution in [-0.2, 0) is 0 Å². The number of ether oxygens (including phenoxy) is 1. The number of benzene rings is 1. The second-order valence-electron chi connectivity index (χ2n) is 2.58. The monoisotopic (exact) mass is 166 g/mol. The van der Waals surface area contributed by atoms with Gasteiger partial charge in [0, 0.05) is 0 Å². The molecule has 0 atom stereocenters. The van der Waals surface area contributed by atoms with Crippen LogP contribution in [0.5, 0.6) is 5.75 Å². The van der Waals surface area contributed by atoms with Crippen molar-refractivity contribution in [3.63, 3.8) is 0 Å². The Morgan fingerprint density at radius 1 is 1.50 bits per heavy atom. The predicted octanol–water partition coefficient (Wildman–Crippen LogP) is 1.33. The maximum atomic E-state index is 5.37. The highest BCUT2D eigenvalue weighted by atomic mass is 16.5. The molecule has 1 aromatic rings. The van der Waals surface area contributed by atoms with Gasteiger partial charge in [0.2, 0.25) is 0 Å². The Bertz CT molecular complexity index is 261. The number of hydrogen-bond acceptors (Lipinski definition) is 3. The fraction of sp³-hybridized carbons (Fsp3) is 0.333. The molecule has 3 nitrogen and oxygen atoms in total. The molecule has 3 N–H and O–H groups in total. The SMILES string of the molecule is COc1ccc(C)cc1NCN. The van der Waals surface area contributed by atoms with Crippen molar-refractivity contribution in [2.75, 3.05) is 19.1 Å². The van der Waals surface area contributed by atoms with Crippen molar-refractivity contribution in [3.05, 3.63) is 23.8 Å². The van der Waals surface area contributed by atoms with Crippen molar-refractivity contribution in [2.45, 2.75) is 6.92 Å². The maximum Gasteiger partial charge on any atom is 0.142 e. The molecule has 1 aromatic carbocycles. The first-order valence-corrected chi connectivity index (χ1v) is 3.86. The minimum absolute atomic E-state index is 0.416. The van der Waals surface area contributed by atoms with E-state index in [2.05, 4.69) is 5.32 Å². The van der Waals surface area contributed by atoms with Gasteiger partial charge in [-0.15, -0.1) is 0 Å². The number of methoxy groups -OCH3 is 1. The first-order chi connectivity index (χ1) is 5.77. The van der Waals surface area contributed by atoms with Gasteiger partial charge in [0.05, 0.1) is 19.5 Å². The summed E-state index contributed by atoms with van der Waals surface area (Å²) in [4.78, 5) is 0. The van der Waals surface area contributed by atoms with Gasteiger partial charge in [0.25, 0.3) is 0 Å². The van der Waals surface area contributed by atoms with Gasteiger partial charge in [-0.2, -0.15) is 0 Å². The van der Waals surface area contributed by atoms with Crippen LogP contribution >= 0.6 is 0 Å². The zero-order valence-electron chi connectivity index (χ0n) is 7.42. The molecule has 1 rings (SSSR count). The third-order valence-corrected chi connectivity index (χ3v) is 1.65. The van der Waals surface area contributed by atoms with E-state index in [0.29, 0.717) is 6.67 Å². The average molecular weight is 166 g/mol. The molecule has 0 spiro atoms. The zero-order valence-corrected chi connectivity index (χ0v) is 7.42. The number of nitrogens with one attached hydrogen (secondary N) is 1. The summed E-state index contributed by atoms with van der Waals surface area (Å²) in [7, 11) is 1.65. The van der Waals surface area contributed by atoms with Crippen LogP contribution in [0.25, 0.3) is 0 Å². The number of anilines is 1. The van der Waals surface area contributed by atoms with Crippen LogP contribution < -0.4 is 15.8 Å². The van der Waals surface area contributed by atoms with Crippen LogP contribution in [0.2, 0.25) is 0 Å². The Kier molecular flexibility index (Phi) is 2.94. The topological polar surface area (TPSA) is 47.3 Å². The van der Waals surface area contributed by atoms with E-state index in [1.165, 1.54) is 5.56 Å². The molecule has 0 unspecified atom stereocenters. The van der Waals surface area contributed by atoms with E-state index in [1.54, 1.807) is 7.11 Å². The van der Waals surface area contributed by atoms with Gasteiger partial charge in [0.15, 0.2) is 0 Å². The summed E-state index contributed by atoms with van der Waals surface area (Å²) in [6, 6.07) is 5.93. The van der Waals surface area contributed by atoms with E-state index in [1.807, 2.05) is 25.1 Å². The predicted molar refractivity (Wildman–Crippen MR) is 50.4 cm³/mol. The minimum Gasteiger partial charge on any atom is -0.495 e. The summed E-state index contributed by atoms with van der Waals surface area (Å²) in [5, 5.41) is 3.02. The van der Waals surface area contributed by atoms with Crippen molar-refractivity contribution < 1.29 is 4.74 Å². The van der Waals surface area contributed by atoms with Crippen molar-refractivity contribution in [2.24, 2.45) is 5.73 Å². The Morgan fingerprint density at radius 3 is 2.83 bits per heavy atom. The third kappa shape index (κ3) is 1.89. The van der Waals surface area contributed by atoms with Crippen molar-refractivity contribution >= 4 is 5.69 Å². The molecule has 0 aromatic heterocycles. The smallest absolute Gasteiger partial charge is 0.142 e. The van der Waals surface area contributed by atoms with E-state index < -0.39 is 0 Å². The van der Waals surface area contributed by atoms with Crippen LogP contribution in [0, 0.1) is 6.92 Å². The van der Waals surface area contributed by atoms with Crippen molar-refractivity contribution in [1.82, 2.24) is 0 Å². The van der Waals surface area contributed by atoms with E-state index in [-0.39, 0.29) is 0 Å². The van der Waals surface area contributed by atoms with Gasteiger partial charge in [-0.05, 0) is 24.6 Å². The fourth-order valence-electron chi connectivity index (χ4n) is 1.07. The van der Waals surface area contributed by atoms with Gasteiger partial charge in [0.1, 0.15) is 5.75 Å². The Hall–Kier alpha value is -1.22. The lowest BCUT2D eigenvalue weighted by Gasteiger charge is -2.09. The lowest BCUT2D eigenvalue weighted by molar-refractivity contribution is 0.416. The van der Waals surface area contributed by atoms with E-state index in [4.69, 9.17) is 10.5 Å². The van der Waals surface area contributed by atoms with Crippen LogP contribution in [-0.4, -0.2) is 13.8 Å². The number of aryl methyl sites for hydroxylation is 1. The van der Waals surface area contributed by atoms with Gasteiger partial charge in [-0.1, -0.05) is 6.07 Å². The third-order valence-electron chi connectivity index (χ3n) is 1.65. The molecule has 0 heterocycles. The molecule has 12 heavy (non-hydrogen) atoms. The lowest BCUT2D eigenvalue weighted by atomic mass is 10.2. The van der Waals surface area contributed by atoms with Gasteiger partial charge in [-0.3, -0.25) is 0 Å². The first-order valence-electron chi connectivity index (χ1n) is 3.86. The normalized spacial score (nSPS) is 9.58. The summed E-state index contributed by atoms with van der Waals surface area (Å²) in [5.41, 5.74) is 7.50.